The van der Waals surface area contributed by atoms with Gasteiger partial charge in [-0.3, -0.25) is 4.79 Å². The molecule has 1 fully saturated rings. The zero-order chi connectivity index (χ0) is 20.8. The van der Waals surface area contributed by atoms with Crippen LogP contribution in [0.15, 0.2) is 11.9 Å². The minimum atomic E-state index is -0.570. The predicted molar refractivity (Wildman–Crippen MR) is 110 cm³/mol. The maximum Gasteiger partial charge on any atom is 0.407 e. The Labute approximate surface area is 165 Å². The average Bonchev–Trinajstić information content (AvgIpc) is 3.00. The van der Waals surface area contributed by atoms with Gasteiger partial charge >= 0.3 is 6.09 Å². The van der Waals surface area contributed by atoms with E-state index >= 15 is 0 Å². The molecular weight excluding hydrogens is 344 g/mol. The van der Waals surface area contributed by atoms with E-state index in [9.17, 15) is 9.59 Å². The van der Waals surface area contributed by atoms with Gasteiger partial charge in [-0.1, -0.05) is 34.1 Å². The van der Waals surface area contributed by atoms with Crippen molar-refractivity contribution in [2.24, 2.45) is 0 Å². The summed E-state index contributed by atoms with van der Waals surface area (Å²) in [4.78, 5) is 27.6. The lowest BCUT2D eigenvalue weighted by molar-refractivity contribution is -0.134. The molecule has 7 nitrogen and oxygen atoms in total. The lowest BCUT2D eigenvalue weighted by Crippen LogP contribution is -2.51. The number of rotatable bonds is 4. The maximum absolute atomic E-state index is 12.4. The van der Waals surface area contributed by atoms with Crippen LogP contribution in [0.2, 0.25) is 0 Å². The van der Waals surface area contributed by atoms with Crippen LogP contribution in [-0.4, -0.2) is 61.3 Å². The predicted octanol–water partition coefficient (Wildman–Crippen LogP) is 3.28. The van der Waals surface area contributed by atoms with Gasteiger partial charge in [0, 0.05) is 38.0 Å². The minimum Gasteiger partial charge on any atom is -0.453 e. The standard InChI is InChI=1S/C15H26N4O3.C3H8.C2H6/c1-11-9-16-13(18(11)2)8-12-6-4-5-7-19(12)14(20)10-17-15(21)22-3;1-3-2;1-2/h9,12-13,16H,4-8,10H2,1-3H3,(H,17,21);3H2,1-2H3;1-2H3. The maximum atomic E-state index is 12.4. The van der Waals surface area contributed by atoms with Crippen LogP contribution in [-0.2, 0) is 9.53 Å². The molecule has 0 aromatic carbocycles. The Morgan fingerprint density at radius 3 is 2.44 bits per heavy atom. The number of allylic oxidation sites excluding steroid dienone is 1. The number of nitrogens with zero attached hydrogens (tertiary/aromatic N) is 2. The fraction of sp³-hybridized carbons (Fsp3) is 0.800. The molecule has 2 N–H and O–H groups in total. The zero-order valence-electron chi connectivity index (χ0n) is 18.3. The Bertz CT molecular complexity index is 468. The summed E-state index contributed by atoms with van der Waals surface area (Å²) in [6, 6.07) is 0.208. The normalized spacial score (nSPS) is 20.9. The lowest BCUT2D eigenvalue weighted by atomic mass is 9.97. The summed E-state index contributed by atoms with van der Waals surface area (Å²) < 4.78 is 4.50. The largest absolute Gasteiger partial charge is 0.453 e. The van der Waals surface area contributed by atoms with Crippen molar-refractivity contribution in [3.63, 3.8) is 0 Å². The van der Waals surface area contributed by atoms with Crippen LogP contribution >= 0.6 is 0 Å². The molecule has 1 saturated heterocycles. The highest BCUT2D eigenvalue weighted by molar-refractivity contribution is 5.82. The van der Waals surface area contributed by atoms with E-state index in [2.05, 4.69) is 48.1 Å². The van der Waals surface area contributed by atoms with Gasteiger partial charge in [-0.15, -0.1) is 0 Å². The zero-order valence-corrected chi connectivity index (χ0v) is 18.3. The Morgan fingerprint density at radius 1 is 1.30 bits per heavy atom. The fourth-order valence-electron chi connectivity index (χ4n) is 3.06. The molecule has 7 heteroatoms. The molecule has 27 heavy (non-hydrogen) atoms. The molecule has 2 unspecified atom stereocenters. The number of hydrogen-bond donors (Lipinski definition) is 2. The lowest BCUT2D eigenvalue weighted by Gasteiger charge is -2.38. The van der Waals surface area contributed by atoms with Crippen molar-refractivity contribution in [1.82, 2.24) is 20.4 Å². The highest BCUT2D eigenvalue weighted by Gasteiger charge is 2.31. The first-order chi connectivity index (χ1) is 12.9. The summed E-state index contributed by atoms with van der Waals surface area (Å²) in [7, 11) is 3.35. The highest BCUT2D eigenvalue weighted by atomic mass is 16.5. The van der Waals surface area contributed by atoms with Crippen molar-refractivity contribution in [1.29, 1.82) is 0 Å². The van der Waals surface area contributed by atoms with Gasteiger partial charge in [-0.25, -0.2) is 4.79 Å². The van der Waals surface area contributed by atoms with Crippen molar-refractivity contribution in [3.05, 3.63) is 11.9 Å². The van der Waals surface area contributed by atoms with Crippen molar-refractivity contribution in [3.8, 4) is 0 Å². The number of carbonyl (C=O) groups excluding carboxylic acids is 2. The van der Waals surface area contributed by atoms with E-state index in [0.717, 1.165) is 32.2 Å². The number of hydrogen-bond acceptors (Lipinski definition) is 5. The third-order valence-electron chi connectivity index (χ3n) is 4.52. The monoisotopic (exact) mass is 384 g/mol. The molecular formula is C20H40N4O3. The number of amides is 2. The van der Waals surface area contributed by atoms with Crippen LogP contribution in [0.5, 0.6) is 0 Å². The Kier molecular flexibility index (Phi) is 13.2. The molecule has 0 saturated carbocycles. The first-order valence-electron chi connectivity index (χ1n) is 10.2. The molecule has 2 rings (SSSR count). The Hall–Kier alpha value is -1.92. The number of methoxy groups -OCH3 is 1. The topological polar surface area (TPSA) is 73.9 Å². The molecule has 0 aliphatic carbocycles. The van der Waals surface area contributed by atoms with Crippen LogP contribution in [0.1, 0.15) is 66.7 Å². The fourth-order valence-corrected chi connectivity index (χ4v) is 3.06. The molecule has 0 aromatic heterocycles. The molecule has 2 atom stereocenters. The van der Waals surface area contributed by atoms with Gasteiger partial charge in [-0.2, -0.15) is 0 Å². The van der Waals surface area contributed by atoms with Gasteiger partial charge in [-0.05, 0) is 26.2 Å². The molecule has 0 radical (unpaired) electrons. The third kappa shape index (κ3) is 8.54. The van der Waals surface area contributed by atoms with Crippen LogP contribution in [0.25, 0.3) is 0 Å². The summed E-state index contributed by atoms with van der Waals surface area (Å²) in [5.74, 6) is -0.0413. The van der Waals surface area contributed by atoms with E-state index in [1.807, 2.05) is 24.9 Å². The molecule has 2 aliphatic heterocycles. The van der Waals surface area contributed by atoms with Gasteiger partial charge in [0.25, 0.3) is 0 Å². The van der Waals surface area contributed by atoms with E-state index < -0.39 is 6.09 Å². The summed E-state index contributed by atoms with van der Waals surface area (Å²) in [5.41, 5.74) is 1.20. The number of carbonyl (C=O) groups is 2. The summed E-state index contributed by atoms with van der Waals surface area (Å²) in [5, 5.41) is 5.83. The molecule has 158 valence electrons. The second-order valence-corrected chi connectivity index (χ2v) is 6.60. The smallest absolute Gasteiger partial charge is 0.407 e. The number of piperidine rings is 1. The van der Waals surface area contributed by atoms with E-state index in [1.165, 1.54) is 19.2 Å². The molecule has 2 aliphatic rings. The number of ether oxygens (including phenoxy) is 1. The molecule has 0 bridgehead atoms. The van der Waals surface area contributed by atoms with Gasteiger partial charge in [0.15, 0.2) is 0 Å². The summed E-state index contributed by atoms with van der Waals surface area (Å²) in [6.45, 7) is 11.1. The average molecular weight is 385 g/mol. The second kappa shape index (κ2) is 14.2. The van der Waals surface area contributed by atoms with E-state index in [1.54, 1.807) is 0 Å². The minimum absolute atomic E-state index is 0.00557. The highest BCUT2D eigenvalue weighted by Crippen LogP contribution is 2.24. The molecule has 0 aromatic rings. The van der Waals surface area contributed by atoms with Crippen LogP contribution in [0.3, 0.4) is 0 Å². The summed E-state index contributed by atoms with van der Waals surface area (Å²) in [6.07, 6.45) is 6.97. The quantitative estimate of drug-likeness (QED) is 0.778. The van der Waals surface area contributed by atoms with Crippen molar-refractivity contribution >= 4 is 12.0 Å². The molecule has 2 amide bonds. The van der Waals surface area contributed by atoms with Crippen LogP contribution < -0.4 is 10.6 Å². The van der Waals surface area contributed by atoms with Crippen molar-refractivity contribution in [2.45, 2.75) is 78.9 Å². The molecule has 2 heterocycles. The van der Waals surface area contributed by atoms with Gasteiger partial charge in [0.1, 0.15) is 6.54 Å². The molecule has 0 spiro atoms. The van der Waals surface area contributed by atoms with Crippen LogP contribution in [0.4, 0.5) is 4.79 Å². The SMILES string of the molecule is CC.CCC.COC(=O)NCC(=O)N1CCCCC1CC1NC=C(C)N1C. The number of likely N-dealkylation sites (tertiary alicyclic amines) is 1. The van der Waals surface area contributed by atoms with Crippen molar-refractivity contribution < 1.29 is 14.3 Å². The van der Waals surface area contributed by atoms with Gasteiger partial charge in [0.2, 0.25) is 5.91 Å². The number of nitrogens with one attached hydrogen (secondary N) is 2. The van der Waals surface area contributed by atoms with E-state index in [4.69, 9.17) is 0 Å². The van der Waals surface area contributed by atoms with Gasteiger partial charge < -0.3 is 25.2 Å². The first kappa shape index (κ1) is 25.1. The van der Waals surface area contributed by atoms with Gasteiger partial charge in [0.05, 0.1) is 13.3 Å². The van der Waals surface area contributed by atoms with Crippen molar-refractivity contribution in [2.75, 3.05) is 27.2 Å². The Morgan fingerprint density at radius 2 is 1.93 bits per heavy atom. The van der Waals surface area contributed by atoms with E-state index in [-0.39, 0.29) is 24.7 Å². The second-order valence-electron chi connectivity index (χ2n) is 6.60. The Balaban J connectivity index is 0.00000123. The number of alkyl carbamates (subject to hydrolysis) is 1. The van der Waals surface area contributed by atoms with E-state index in [0.29, 0.717) is 0 Å². The third-order valence-corrected chi connectivity index (χ3v) is 4.52. The first-order valence-corrected chi connectivity index (χ1v) is 10.2. The van der Waals surface area contributed by atoms with Crippen LogP contribution in [0, 0.1) is 0 Å². The summed E-state index contributed by atoms with van der Waals surface area (Å²) >= 11 is 0.